The second kappa shape index (κ2) is 5.38. The molecule has 0 aliphatic heterocycles. The summed E-state index contributed by atoms with van der Waals surface area (Å²) in [6, 6.07) is 14.1. The Labute approximate surface area is 121 Å². The van der Waals surface area contributed by atoms with E-state index in [2.05, 4.69) is 4.98 Å². The Morgan fingerprint density at radius 3 is 2.57 bits per heavy atom. The average Bonchev–Trinajstić information content (AvgIpc) is 2.48. The smallest absolute Gasteiger partial charge is 0.269 e. The van der Waals surface area contributed by atoms with Crippen LogP contribution in [-0.4, -0.2) is 21.2 Å². The van der Waals surface area contributed by atoms with Crippen molar-refractivity contribution < 1.29 is 5.11 Å². The van der Waals surface area contributed by atoms with Gasteiger partial charge in [-0.15, -0.1) is 0 Å². The SMILES string of the molecule is NCCc1nc2cccc(O)c2c(=O)n1-c1ccccc1. The maximum atomic E-state index is 12.8. The molecule has 0 amide bonds. The molecule has 0 bridgehead atoms. The summed E-state index contributed by atoms with van der Waals surface area (Å²) < 4.78 is 1.51. The summed E-state index contributed by atoms with van der Waals surface area (Å²) in [6.07, 6.45) is 0.482. The molecule has 1 aromatic heterocycles. The average molecular weight is 281 g/mol. The van der Waals surface area contributed by atoms with Crippen molar-refractivity contribution in [2.75, 3.05) is 6.54 Å². The molecular weight excluding hydrogens is 266 g/mol. The Balaban J connectivity index is 2.41. The number of hydrogen-bond donors (Lipinski definition) is 2. The predicted molar refractivity (Wildman–Crippen MR) is 81.8 cm³/mol. The van der Waals surface area contributed by atoms with E-state index in [0.717, 1.165) is 0 Å². The lowest BCUT2D eigenvalue weighted by molar-refractivity contribution is 0.480. The van der Waals surface area contributed by atoms with Crippen molar-refractivity contribution in [2.45, 2.75) is 6.42 Å². The molecule has 3 aromatic rings. The minimum atomic E-state index is -0.284. The zero-order chi connectivity index (χ0) is 14.8. The maximum absolute atomic E-state index is 12.8. The number of aromatic hydroxyl groups is 1. The Kier molecular flexibility index (Phi) is 3.41. The van der Waals surface area contributed by atoms with Gasteiger partial charge >= 0.3 is 0 Å². The second-order valence-electron chi connectivity index (χ2n) is 4.71. The van der Waals surface area contributed by atoms with Crippen LogP contribution in [0.5, 0.6) is 5.75 Å². The van der Waals surface area contributed by atoms with E-state index in [4.69, 9.17) is 5.73 Å². The lowest BCUT2D eigenvalue weighted by atomic mass is 10.2. The number of para-hydroxylation sites is 1. The van der Waals surface area contributed by atoms with Gasteiger partial charge in [-0.1, -0.05) is 24.3 Å². The molecule has 2 aromatic carbocycles. The van der Waals surface area contributed by atoms with Crippen LogP contribution in [0.4, 0.5) is 0 Å². The number of nitrogens with two attached hydrogens (primary N) is 1. The van der Waals surface area contributed by atoms with E-state index < -0.39 is 0 Å². The van der Waals surface area contributed by atoms with Gasteiger partial charge in [-0.25, -0.2) is 4.98 Å². The van der Waals surface area contributed by atoms with Gasteiger partial charge in [0.05, 0.1) is 11.2 Å². The monoisotopic (exact) mass is 281 g/mol. The van der Waals surface area contributed by atoms with E-state index in [1.165, 1.54) is 10.6 Å². The molecule has 0 fully saturated rings. The Hall–Kier alpha value is -2.66. The van der Waals surface area contributed by atoms with Gasteiger partial charge in [-0.2, -0.15) is 0 Å². The zero-order valence-corrected chi connectivity index (χ0v) is 11.4. The second-order valence-corrected chi connectivity index (χ2v) is 4.71. The molecule has 0 unspecified atom stereocenters. The first-order chi connectivity index (χ1) is 10.2. The van der Waals surface area contributed by atoms with Crippen LogP contribution in [0.2, 0.25) is 0 Å². The number of phenolic OH excluding ortho intramolecular Hbond substituents is 1. The molecule has 106 valence electrons. The first-order valence-corrected chi connectivity index (χ1v) is 6.71. The summed E-state index contributed by atoms with van der Waals surface area (Å²) in [5.41, 5.74) is 6.54. The summed E-state index contributed by atoms with van der Waals surface area (Å²) >= 11 is 0. The molecular formula is C16H15N3O2. The van der Waals surface area contributed by atoms with Crippen LogP contribution < -0.4 is 11.3 Å². The van der Waals surface area contributed by atoms with Crippen molar-refractivity contribution in [1.29, 1.82) is 0 Å². The predicted octanol–water partition coefficient (Wildman–Crippen LogP) is 1.59. The van der Waals surface area contributed by atoms with E-state index in [0.29, 0.717) is 30.0 Å². The fourth-order valence-electron chi connectivity index (χ4n) is 2.40. The molecule has 0 aliphatic carbocycles. The van der Waals surface area contributed by atoms with Crippen LogP contribution in [0.1, 0.15) is 5.82 Å². The van der Waals surface area contributed by atoms with E-state index in [1.54, 1.807) is 12.1 Å². The summed E-state index contributed by atoms with van der Waals surface area (Å²) in [6.45, 7) is 0.392. The number of hydrogen-bond acceptors (Lipinski definition) is 4. The molecule has 0 aliphatic rings. The molecule has 1 heterocycles. The van der Waals surface area contributed by atoms with Gasteiger partial charge in [0.25, 0.3) is 5.56 Å². The minimum absolute atomic E-state index is 0.0611. The van der Waals surface area contributed by atoms with Crippen LogP contribution >= 0.6 is 0 Å². The van der Waals surface area contributed by atoms with Gasteiger partial charge in [0.1, 0.15) is 17.0 Å². The minimum Gasteiger partial charge on any atom is -0.507 e. The van der Waals surface area contributed by atoms with Gasteiger partial charge in [-0.3, -0.25) is 9.36 Å². The molecule has 21 heavy (non-hydrogen) atoms. The molecule has 3 N–H and O–H groups in total. The number of aromatic nitrogens is 2. The molecule has 0 radical (unpaired) electrons. The lowest BCUT2D eigenvalue weighted by Gasteiger charge is -2.13. The van der Waals surface area contributed by atoms with Crippen LogP contribution in [0.15, 0.2) is 53.3 Å². The molecule has 0 spiro atoms. The molecule has 0 saturated heterocycles. The molecule has 0 atom stereocenters. The molecule has 3 rings (SSSR count). The third-order valence-electron chi connectivity index (χ3n) is 3.33. The van der Waals surface area contributed by atoms with E-state index in [9.17, 15) is 9.90 Å². The van der Waals surface area contributed by atoms with Crippen LogP contribution in [0, 0.1) is 0 Å². The summed E-state index contributed by atoms with van der Waals surface area (Å²) in [4.78, 5) is 17.3. The van der Waals surface area contributed by atoms with Crippen LogP contribution in [0.3, 0.4) is 0 Å². The van der Waals surface area contributed by atoms with Crippen molar-refractivity contribution in [1.82, 2.24) is 9.55 Å². The highest BCUT2D eigenvalue weighted by molar-refractivity contribution is 5.84. The Morgan fingerprint density at radius 2 is 1.86 bits per heavy atom. The highest BCUT2D eigenvalue weighted by Gasteiger charge is 2.14. The largest absolute Gasteiger partial charge is 0.507 e. The fraction of sp³-hybridized carbons (Fsp3) is 0.125. The van der Waals surface area contributed by atoms with Crippen molar-refractivity contribution >= 4 is 10.9 Å². The number of nitrogens with zero attached hydrogens (tertiary/aromatic N) is 2. The van der Waals surface area contributed by atoms with Crippen molar-refractivity contribution in [3.8, 4) is 11.4 Å². The molecule has 5 nitrogen and oxygen atoms in total. The summed E-state index contributed by atoms with van der Waals surface area (Å²) in [7, 11) is 0. The third-order valence-corrected chi connectivity index (χ3v) is 3.33. The van der Waals surface area contributed by atoms with Crippen molar-refractivity contribution in [3.05, 3.63) is 64.7 Å². The van der Waals surface area contributed by atoms with E-state index in [1.807, 2.05) is 30.3 Å². The highest BCUT2D eigenvalue weighted by atomic mass is 16.3. The maximum Gasteiger partial charge on any atom is 0.269 e. The Morgan fingerprint density at radius 1 is 1.10 bits per heavy atom. The van der Waals surface area contributed by atoms with Gasteiger partial charge in [-0.05, 0) is 30.8 Å². The quantitative estimate of drug-likeness (QED) is 0.764. The van der Waals surface area contributed by atoms with Crippen LogP contribution in [-0.2, 0) is 6.42 Å². The van der Waals surface area contributed by atoms with E-state index >= 15 is 0 Å². The molecule has 5 heteroatoms. The zero-order valence-electron chi connectivity index (χ0n) is 11.4. The first kappa shape index (κ1) is 13.3. The summed E-state index contributed by atoms with van der Waals surface area (Å²) in [5.74, 6) is 0.528. The van der Waals surface area contributed by atoms with Crippen molar-refractivity contribution in [2.24, 2.45) is 5.73 Å². The van der Waals surface area contributed by atoms with Crippen LogP contribution in [0.25, 0.3) is 16.6 Å². The number of fused-ring (bicyclic) bond motifs is 1. The number of rotatable bonds is 3. The molecule has 0 saturated carbocycles. The van der Waals surface area contributed by atoms with Gasteiger partial charge < -0.3 is 10.8 Å². The fourth-order valence-corrected chi connectivity index (χ4v) is 2.40. The summed E-state index contributed by atoms with van der Waals surface area (Å²) in [5, 5.41) is 10.2. The van der Waals surface area contributed by atoms with E-state index in [-0.39, 0.29) is 16.7 Å². The Bertz CT molecular complexity index is 841. The normalized spacial score (nSPS) is 10.9. The first-order valence-electron chi connectivity index (χ1n) is 6.71. The highest BCUT2D eigenvalue weighted by Crippen LogP contribution is 2.21. The lowest BCUT2D eigenvalue weighted by Crippen LogP contribution is -2.25. The van der Waals surface area contributed by atoms with Gasteiger partial charge in [0.2, 0.25) is 0 Å². The topological polar surface area (TPSA) is 81.1 Å². The number of benzene rings is 2. The standard InChI is InChI=1S/C16H15N3O2/c17-10-9-14-18-12-7-4-8-13(20)15(12)16(21)19(14)11-5-2-1-3-6-11/h1-8,20H,9-10,17H2. The van der Waals surface area contributed by atoms with Gasteiger partial charge in [0.15, 0.2) is 0 Å². The third kappa shape index (κ3) is 2.28. The van der Waals surface area contributed by atoms with Crippen molar-refractivity contribution in [3.63, 3.8) is 0 Å². The van der Waals surface area contributed by atoms with Gasteiger partial charge in [0, 0.05) is 6.42 Å². The number of phenols is 1.